The first-order valence-electron chi connectivity index (χ1n) is 7.22. The zero-order valence-electron chi connectivity index (χ0n) is 14.2. The minimum atomic E-state index is -0.487. The van der Waals surface area contributed by atoms with Gasteiger partial charge in [-0.1, -0.05) is 0 Å². The predicted octanol–water partition coefficient (Wildman–Crippen LogP) is 2.42. The first-order chi connectivity index (χ1) is 9.50. The van der Waals surface area contributed by atoms with Gasteiger partial charge in [-0.2, -0.15) is 5.10 Å². The Balaban J connectivity index is 2.44. The number of hydrogen-bond acceptors (Lipinski definition) is 4. The summed E-state index contributed by atoms with van der Waals surface area (Å²) in [5, 5.41) is 13.4. The summed E-state index contributed by atoms with van der Waals surface area (Å²) in [6, 6.07) is 0. The minimum Gasteiger partial charge on any atom is -0.444 e. The molecule has 0 aromatic carbocycles. The molecule has 120 valence electrons. The van der Waals surface area contributed by atoms with Gasteiger partial charge in [0.15, 0.2) is 0 Å². The van der Waals surface area contributed by atoms with Crippen LogP contribution in [0, 0.1) is 13.8 Å². The number of nitrogens with zero attached hydrogens (tertiary/aromatic N) is 1. The fourth-order valence-electron chi connectivity index (χ4n) is 1.96. The van der Waals surface area contributed by atoms with E-state index in [4.69, 9.17) is 4.74 Å². The van der Waals surface area contributed by atoms with Gasteiger partial charge in [0.2, 0.25) is 0 Å². The molecule has 6 nitrogen and oxygen atoms in total. The van der Waals surface area contributed by atoms with Gasteiger partial charge in [-0.3, -0.25) is 5.10 Å². The second-order valence-electron chi connectivity index (χ2n) is 7.03. The van der Waals surface area contributed by atoms with E-state index >= 15 is 0 Å². The van der Waals surface area contributed by atoms with Gasteiger partial charge < -0.3 is 15.4 Å². The highest BCUT2D eigenvalue weighted by atomic mass is 16.6. The Labute approximate surface area is 127 Å². The van der Waals surface area contributed by atoms with Gasteiger partial charge >= 0.3 is 6.09 Å². The van der Waals surface area contributed by atoms with Crippen molar-refractivity contribution in [3.8, 4) is 0 Å². The molecule has 0 aliphatic carbocycles. The SMILES string of the molecule is Cc1n[nH]c(C)c1CNCC(C)(C)NC(=O)OC(C)(C)C. The quantitative estimate of drug-likeness (QED) is 0.779. The van der Waals surface area contributed by atoms with E-state index in [1.165, 1.54) is 5.56 Å². The fraction of sp³-hybridized carbons (Fsp3) is 0.733. The van der Waals surface area contributed by atoms with E-state index < -0.39 is 17.2 Å². The van der Waals surface area contributed by atoms with Crippen LogP contribution in [0.2, 0.25) is 0 Å². The number of rotatable bonds is 5. The molecule has 0 radical (unpaired) electrons. The van der Waals surface area contributed by atoms with Gasteiger partial charge in [-0.05, 0) is 48.5 Å². The van der Waals surface area contributed by atoms with Gasteiger partial charge in [-0.15, -0.1) is 0 Å². The molecule has 0 saturated carbocycles. The monoisotopic (exact) mass is 296 g/mol. The Hall–Kier alpha value is -1.56. The predicted molar refractivity (Wildman–Crippen MR) is 83.2 cm³/mol. The van der Waals surface area contributed by atoms with Crippen molar-refractivity contribution in [3.05, 3.63) is 17.0 Å². The Bertz CT molecular complexity index is 467. The van der Waals surface area contributed by atoms with Crippen LogP contribution in [0.5, 0.6) is 0 Å². The number of ether oxygens (including phenoxy) is 1. The summed E-state index contributed by atoms with van der Waals surface area (Å²) in [4.78, 5) is 11.8. The highest BCUT2D eigenvalue weighted by molar-refractivity contribution is 5.68. The normalized spacial score (nSPS) is 12.3. The van der Waals surface area contributed by atoms with Crippen molar-refractivity contribution in [2.24, 2.45) is 0 Å². The molecule has 1 heterocycles. The molecule has 0 unspecified atom stereocenters. The van der Waals surface area contributed by atoms with E-state index in [0.717, 1.165) is 11.4 Å². The lowest BCUT2D eigenvalue weighted by molar-refractivity contribution is 0.0472. The maximum atomic E-state index is 11.8. The summed E-state index contributed by atoms with van der Waals surface area (Å²) < 4.78 is 5.27. The molecule has 6 heteroatoms. The van der Waals surface area contributed by atoms with Crippen molar-refractivity contribution in [1.82, 2.24) is 20.8 Å². The molecule has 0 aliphatic rings. The van der Waals surface area contributed by atoms with Crippen LogP contribution in [-0.2, 0) is 11.3 Å². The number of carbonyl (C=O) groups is 1. The van der Waals surface area contributed by atoms with Crippen molar-refractivity contribution in [3.63, 3.8) is 0 Å². The number of alkyl carbamates (subject to hydrolysis) is 1. The first kappa shape index (κ1) is 17.5. The van der Waals surface area contributed by atoms with Crippen LogP contribution in [0.3, 0.4) is 0 Å². The molecule has 0 fully saturated rings. The smallest absolute Gasteiger partial charge is 0.408 e. The van der Waals surface area contributed by atoms with Gasteiger partial charge in [0.05, 0.1) is 11.2 Å². The summed E-state index contributed by atoms with van der Waals surface area (Å²) in [7, 11) is 0. The average molecular weight is 296 g/mol. The van der Waals surface area contributed by atoms with Crippen LogP contribution in [0.25, 0.3) is 0 Å². The van der Waals surface area contributed by atoms with Crippen molar-refractivity contribution < 1.29 is 9.53 Å². The molecule has 1 aromatic rings. The standard InChI is InChI=1S/C15H28N4O2/c1-10-12(11(2)19-18-10)8-16-9-15(6,7)17-13(20)21-14(3,4)5/h16H,8-9H2,1-7H3,(H,17,20)(H,18,19). The summed E-state index contributed by atoms with van der Waals surface area (Å²) in [6.07, 6.45) is -0.398. The largest absolute Gasteiger partial charge is 0.444 e. The third-order valence-corrected chi connectivity index (χ3v) is 2.99. The lowest BCUT2D eigenvalue weighted by Crippen LogP contribution is -2.51. The summed E-state index contributed by atoms with van der Waals surface area (Å²) >= 11 is 0. The Morgan fingerprint density at radius 2 is 1.86 bits per heavy atom. The third kappa shape index (κ3) is 6.16. The molecular weight excluding hydrogens is 268 g/mol. The van der Waals surface area contributed by atoms with E-state index in [9.17, 15) is 4.79 Å². The number of nitrogens with one attached hydrogen (secondary N) is 3. The maximum absolute atomic E-state index is 11.8. The lowest BCUT2D eigenvalue weighted by Gasteiger charge is -2.29. The highest BCUT2D eigenvalue weighted by Gasteiger charge is 2.24. The zero-order valence-corrected chi connectivity index (χ0v) is 14.2. The van der Waals surface area contributed by atoms with Gasteiger partial charge in [0.1, 0.15) is 5.60 Å². The molecule has 3 N–H and O–H groups in total. The molecule has 0 atom stereocenters. The Kier molecular flexibility index (Phi) is 5.39. The van der Waals surface area contributed by atoms with Gasteiger partial charge in [0, 0.05) is 24.3 Å². The first-order valence-corrected chi connectivity index (χ1v) is 7.22. The van der Waals surface area contributed by atoms with Crippen LogP contribution in [-0.4, -0.2) is 34.0 Å². The van der Waals surface area contributed by atoms with E-state index in [1.54, 1.807) is 0 Å². The van der Waals surface area contributed by atoms with Gasteiger partial charge in [0.25, 0.3) is 0 Å². The highest BCUT2D eigenvalue weighted by Crippen LogP contribution is 2.11. The van der Waals surface area contributed by atoms with E-state index in [2.05, 4.69) is 20.8 Å². The fourth-order valence-corrected chi connectivity index (χ4v) is 1.96. The lowest BCUT2D eigenvalue weighted by atomic mass is 10.1. The molecule has 21 heavy (non-hydrogen) atoms. The van der Waals surface area contributed by atoms with Gasteiger partial charge in [-0.25, -0.2) is 4.79 Å². The Morgan fingerprint density at radius 1 is 1.24 bits per heavy atom. The van der Waals surface area contributed by atoms with Crippen LogP contribution in [0.15, 0.2) is 0 Å². The van der Waals surface area contributed by atoms with Crippen molar-refractivity contribution >= 4 is 6.09 Å². The van der Waals surface area contributed by atoms with Crippen molar-refractivity contribution in [2.45, 2.75) is 66.2 Å². The molecule has 0 bridgehead atoms. The van der Waals surface area contributed by atoms with Crippen LogP contribution < -0.4 is 10.6 Å². The van der Waals surface area contributed by atoms with E-state index in [0.29, 0.717) is 13.1 Å². The number of aromatic nitrogens is 2. The van der Waals surface area contributed by atoms with Crippen LogP contribution >= 0.6 is 0 Å². The second kappa shape index (κ2) is 6.47. The molecule has 1 amide bonds. The number of amides is 1. The second-order valence-corrected chi connectivity index (χ2v) is 7.03. The molecule has 0 spiro atoms. The van der Waals surface area contributed by atoms with Crippen LogP contribution in [0.1, 0.15) is 51.6 Å². The van der Waals surface area contributed by atoms with Crippen molar-refractivity contribution in [2.75, 3.05) is 6.54 Å². The summed E-state index contributed by atoms with van der Waals surface area (Å²) in [5.41, 5.74) is 2.35. The number of aromatic amines is 1. The topological polar surface area (TPSA) is 79.0 Å². The molecule has 0 aliphatic heterocycles. The Morgan fingerprint density at radius 3 is 2.33 bits per heavy atom. The maximum Gasteiger partial charge on any atom is 0.408 e. The zero-order chi connectivity index (χ0) is 16.3. The number of carbonyl (C=O) groups excluding carboxylic acids is 1. The number of aryl methyl sites for hydroxylation is 2. The molecule has 1 aromatic heterocycles. The molecule has 1 rings (SSSR count). The molecular formula is C15H28N4O2. The minimum absolute atomic E-state index is 0.395. The number of H-pyrrole nitrogens is 1. The van der Waals surface area contributed by atoms with E-state index in [-0.39, 0.29) is 0 Å². The molecule has 0 saturated heterocycles. The third-order valence-electron chi connectivity index (χ3n) is 2.99. The summed E-state index contributed by atoms with van der Waals surface area (Å²) in [5.74, 6) is 0. The van der Waals surface area contributed by atoms with Crippen molar-refractivity contribution in [1.29, 1.82) is 0 Å². The average Bonchev–Trinajstić information content (AvgIpc) is 2.56. The number of hydrogen-bond donors (Lipinski definition) is 3. The summed E-state index contributed by atoms with van der Waals surface area (Å²) in [6.45, 7) is 14.8. The van der Waals surface area contributed by atoms with E-state index in [1.807, 2.05) is 48.5 Å². The van der Waals surface area contributed by atoms with Crippen LogP contribution in [0.4, 0.5) is 4.79 Å².